The molecule has 1 saturated carbocycles. The number of hydrogen-bond donors (Lipinski definition) is 10. The molecular weight excluding hydrogens is 1180 g/mol. The zero-order valence-electron chi connectivity index (χ0n) is 43.7. The van der Waals surface area contributed by atoms with E-state index in [-0.39, 0.29) is 138 Å². The third kappa shape index (κ3) is 22.2. The molecule has 2 saturated heterocycles. The molecule has 0 aromatic heterocycles. The van der Waals surface area contributed by atoms with E-state index in [2.05, 4.69) is 21.3 Å². The second-order valence-electron chi connectivity index (χ2n) is 20.5. The molecule has 1 aliphatic carbocycles. The number of unbranched alkanes of at least 4 members (excludes halogenated alkanes) is 1. The van der Waals surface area contributed by atoms with Crippen LogP contribution in [-0.2, 0) is 49.6 Å². The first-order valence-electron chi connectivity index (χ1n) is 26.3. The quantitative estimate of drug-likeness (QED) is 0.0605. The van der Waals surface area contributed by atoms with E-state index in [0.717, 1.165) is 42.0 Å². The van der Waals surface area contributed by atoms with E-state index in [1.165, 1.54) is 0 Å². The van der Waals surface area contributed by atoms with Crippen molar-refractivity contribution >= 4 is 70.3 Å². The van der Waals surface area contributed by atoms with E-state index in [1.54, 1.807) is 14.7 Å². The van der Waals surface area contributed by atoms with Crippen LogP contribution in [-0.4, -0.2) is 231 Å². The van der Waals surface area contributed by atoms with Crippen molar-refractivity contribution in [1.82, 2.24) is 45.8 Å². The Kier molecular flexibility index (Phi) is 26.9. The minimum atomic E-state index is -1.55. The van der Waals surface area contributed by atoms with E-state index in [0.29, 0.717) is 58.5 Å². The first kappa shape index (κ1) is 64.8. The number of hydrogen-bond acceptors (Lipinski definition) is 14. The fourth-order valence-corrected chi connectivity index (χ4v) is 10.3. The third-order valence-electron chi connectivity index (χ3n) is 14.9. The number of nitrogens with zero attached hydrogens (tertiary/aromatic N) is 5. The molecule has 2 heterocycles. The number of amides is 5. The van der Waals surface area contributed by atoms with Gasteiger partial charge in [0.2, 0.25) is 17.7 Å². The molecule has 3 atom stereocenters. The summed E-state index contributed by atoms with van der Waals surface area (Å²) in [4.78, 5) is 132. The van der Waals surface area contributed by atoms with Crippen LogP contribution in [0, 0.1) is 48.2 Å². The van der Waals surface area contributed by atoms with Crippen molar-refractivity contribution in [2.45, 2.75) is 95.2 Å². The van der Waals surface area contributed by atoms with E-state index in [1.807, 2.05) is 52.3 Å². The number of fused-ring (bicyclic) bond motifs is 1. The van der Waals surface area contributed by atoms with E-state index in [9.17, 15) is 73.5 Å². The molecule has 0 bridgehead atoms. The van der Waals surface area contributed by atoms with Gasteiger partial charge < -0.3 is 56.8 Å². The van der Waals surface area contributed by atoms with Gasteiger partial charge in [-0.2, -0.15) is 0 Å². The number of urea groups is 1. The van der Waals surface area contributed by atoms with Gasteiger partial charge in [0.05, 0.1) is 26.2 Å². The number of piperidine rings is 1. The molecule has 25 nitrogen and oxygen atoms in total. The fourth-order valence-electron chi connectivity index (χ4n) is 10.3. The molecule has 1 radical (unpaired) electrons. The molecule has 5 amide bonds. The normalized spacial score (nSPS) is 18.4. The average Bonchev–Trinajstić information content (AvgIpc) is 3.39. The molecule has 26 heteroatoms. The Morgan fingerprint density at radius 1 is 0.538 bits per heavy atom. The summed E-state index contributed by atoms with van der Waals surface area (Å²) < 4.78 is 0. The molecule has 5 rings (SSSR count). The summed E-state index contributed by atoms with van der Waals surface area (Å²) in [5.41, 5.74) is 0.748. The summed E-state index contributed by atoms with van der Waals surface area (Å²) in [6.07, 6.45) is 3.88. The van der Waals surface area contributed by atoms with Crippen molar-refractivity contribution in [3.63, 3.8) is 0 Å². The molecule has 2 aromatic rings. The SMILES string of the molecule is O=C(O)CC[C@H](NC(=O)NC(CCCCNC(=O)[C@H](Cc1ccc2ccccc2c1)NC(=O)C1CCC2(CC1)CCN(C(=O)CN1CCN(CC(=O)O)CCN(CC(=O)O)CCN(CC(=O)O)CC1)CC2)C(=O)O)C(=O)O.[Lu]. The standard InChI is InChI=1S/C52H75N9O16.Lu/c62-42(31-57-21-23-58(32-44(65)66)25-27-60(34-46(69)70)28-26-59(24-22-57)33-45(67)68)61-19-16-52(17-20-61)14-12-37(13-15-52)47(71)54-41(30-35-8-9-36-5-1-2-6-38(36)29-35)48(72)53-18-4-3-7-39(49(73)74)55-51(77)56-40(50(75)76)10-11-43(63)64;/h1-2,5-6,8-9,29,37,39-41H,3-4,7,10-28,30-34H2,(H,53,72)(H,54,71)(H,63,64)(H,65,66)(H,67,68)(H,69,70)(H,73,74)(H,75,76)(H2,55,56,77);/t39?,40-,41-;/m0./s1. The largest absolute Gasteiger partial charge is 0.481 e. The van der Waals surface area contributed by atoms with E-state index < -0.39 is 78.7 Å². The first-order valence-corrected chi connectivity index (χ1v) is 26.3. The Morgan fingerprint density at radius 2 is 1.03 bits per heavy atom. The van der Waals surface area contributed by atoms with Gasteiger partial charge in [-0.25, -0.2) is 14.4 Å². The molecule has 2 aromatic carbocycles. The van der Waals surface area contributed by atoms with Crippen LogP contribution in [0.2, 0.25) is 0 Å². The average molecular weight is 1260 g/mol. The number of carbonyl (C=O) groups is 10. The Bertz CT molecular complexity index is 2370. The minimum Gasteiger partial charge on any atom is -0.481 e. The van der Waals surface area contributed by atoms with Gasteiger partial charge in [-0.1, -0.05) is 42.5 Å². The number of carboxylic acid groups (broad SMARTS) is 6. The van der Waals surface area contributed by atoms with Crippen LogP contribution >= 0.6 is 0 Å². The Balaban J connectivity index is 0.0000131. The summed E-state index contributed by atoms with van der Waals surface area (Å²) in [6, 6.07) is 8.60. The minimum absolute atomic E-state index is 0. The molecule has 3 fully saturated rings. The number of likely N-dealkylation sites (tertiary alicyclic amines) is 1. The van der Waals surface area contributed by atoms with Crippen LogP contribution < -0.4 is 21.3 Å². The monoisotopic (exact) mass is 1260 g/mol. The van der Waals surface area contributed by atoms with Gasteiger partial charge in [0, 0.05) is 128 Å². The number of rotatable bonds is 25. The van der Waals surface area contributed by atoms with Crippen LogP contribution in [0.1, 0.15) is 76.2 Å². The number of benzene rings is 2. The van der Waals surface area contributed by atoms with Gasteiger partial charge in [0.1, 0.15) is 18.1 Å². The topological polar surface area (TPSA) is 356 Å². The Labute approximate surface area is 481 Å². The molecule has 1 unspecified atom stereocenters. The second-order valence-corrected chi connectivity index (χ2v) is 20.5. The molecule has 439 valence electrons. The van der Waals surface area contributed by atoms with Crippen molar-refractivity contribution in [2.24, 2.45) is 11.3 Å². The summed E-state index contributed by atoms with van der Waals surface area (Å²) in [7, 11) is 0. The van der Waals surface area contributed by atoms with Gasteiger partial charge in [0.15, 0.2) is 0 Å². The van der Waals surface area contributed by atoms with Crippen LogP contribution in [0.25, 0.3) is 10.8 Å². The summed E-state index contributed by atoms with van der Waals surface area (Å²) in [6.45, 7) is 2.75. The van der Waals surface area contributed by atoms with Crippen LogP contribution in [0.5, 0.6) is 0 Å². The van der Waals surface area contributed by atoms with Crippen molar-refractivity contribution in [3.8, 4) is 0 Å². The predicted molar refractivity (Wildman–Crippen MR) is 277 cm³/mol. The Morgan fingerprint density at radius 3 is 1.51 bits per heavy atom. The van der Waals surface area contributed by atoms with Crippen molar-refractivity contribution in [2.75, 3.05) is 98.2 Å². The maximum absolute atomic E-state index is 14.0. The van der Waals surface area contributed by atoms with Crippen molar-refractivity contribution in [3.05, 3.63) is 48.0 Å². The molecule has 2 aliphatic heterocycles. The first-order chi connectivity index (χ1) is 36.7. The maximum Gasteiger partial charge on any atom is 0.326 e. The number of aliphatic carboxylic acids is 6. The van der Waals surface area contributed by atoms with E-state index >= 15 is 0 Å². The van der Waals surface area contributed by atoms with Gasteiger partial charge in [0.25, 0.3) is 0 Å². The van der Waals surface area contributed by atoms with Crippen molar-refractivity contribution in [1.29, 1.82) is 0 Å². The second kappa shape index (κ2) is 32.4. The molecule has 10 N–H and O–H groups in total. The summed E-state index contributed by atoms with van der Waals surface area (Å²) >= 11 is 0. The fraction of sp³-hybridized carbons (Fsp3) is 0.615. The zero-order valence-corrected chi connectivity index (χ0v) is 45.4. The van der Waals surface area contributed by atoms with Crippen LogP contribution in [0.3, 0.4) is 0 Å². The van der Waals surface area contributed by atoms with E-state index in [4.69, 9.17) is 5.11 Å². The Hall–Kier alpha value is -5.73. The molecule has 78 heavy (non-hydrogen) atoms. The molecule has 3 aliphatic rings. The van der Waals surface area contributed by atoms with Gasteiger partial charge in [-0.15, -0.1) is 0 Å². The number of nitrogens with one attached hydrogen (secondary N) is 4. The van der Waals surface area contributed by atoms with Crippen LogP contribution in [0.15, 0.2) is 42.5 Å². The zero-order chi connectivity index (χ0) is 56.1. The number of carboxylic acids is 6. The smallest absolute Gasteiger partial charge is 0.326 e. The summed E-state index contributed by atoms with van der Waals surface area (Å²) in [5, 5.41) is 68.7. The predicted octanol–water partition coefficient (Wildman–Crippen LogP) is 0.498. The molecular formula is C52H75LuN9O16. The maximum atomic E-state index is 14.0. The van der Waals surface area contributed by atoms with Gasteiger partial charge >= 0.3 is 41.8 Å². The van der Waals surface area contributed by atoms with Gasteiger partial charge in [-0.3, -0.25) is 53.2 Å². The summed E-state index contributed by atoms with van der Waals surface area (Å²) in [5.74, 6) is -8.36. The van der Waals surface area contributed by atoms with Gasteiger partial charge in [-0.05, 0) is 86.0 Å². The van der Waals surface area contributed by atoms with Crippen molar-refractivity contribution < 1.29 is 115 Å². The van der Waals surface area contributed by atoms with Crippen LogP contribution in [0.4, 0.5) is 4.79 Å². The molecule has 1 spiro atoms. The third-order valence-corrected chi connectivity index (χ3v) is 14.9. The number of carbonyl (C=O) groups excluding carboxylic acids is 4.